The van der Waals surface area contributed by atoms with E-state index in [1.165, 1.54) is 12.1 Å². The number of aliphatic hydroxyl groups is 1. The first kappa shape index (κ1) is 34.8. The van der Waals surface area contributed by atoms with Gasteiger partial charge < -0.3 is 15.3 Å². The van der Waals surface area contributed by atoms with Crippen LogP contribution in [0, 0.1) is 28.1 Å². The number of phenols is 2. The van der Waals surface area contributed by atoms with Crippen LogP contribution in [0.1, 0.15) is 104 Å². The van der Waals surface area contributed by atoms with E-state index in [1.807, 2.05) is 61.5 Å². The Bertz CT molecular complexity index is 1480. The number of carbonyl (C=O) groups is 3. The van der Waals surface area contributed by atoms with E-state index in [0.29, 0.717) is 19.3 Å². The van der Waals surface area contributed by atoms with Crippen molar-refractivity contribution in [1.29, 1.82) is 0 Å². The maximum Gasteiger partial charge on any atom is 0.200 e. The molecule has 1 aromatic carbocycles. The van der Waals surface area contributed by atoms with Crippen molar-refractivity contribution in [1.82, 2.24) is 0 Å². The number of fused-ring (bicyclic) bond motifs is 2. The second kappa shape index (κ2) is 12.7. The van der Waals surface area contributed by atoms with Crippen LogP contribution in [0.25, 0.3) is 0 Å². The van der Waals surface area contributed by atoms with Gasteiger partial charge in [-0.1, -0.05) is 54.9 Å². The van der Waals surface area contributed by atoms with E-state index in [0.717, 1.165) is 28.4 Å². The lowest BCUT2D eigenvalue weighted by Gasteiger charge is -2.60. The van der Waals surface area contributed by atoms with Crippen LogP contribution in [0.5, 0.6) is 11.5 Å². The van der Waals surface area contributed by atoms with Crippen molar-refractivity contribution in [3.63, 3.8) is 0 Å². The lowest BCUT2D eigenvalue weighted by atomic mass is 9.39. The zero-order chi connectivity index (χ0) is 33.4. The molecule has 3 N–H and O–H groups in total. The molecule has 4 atom stereocenters. The van der Waals surface area contributed by atoms with Crippen LogP contribution in [0.15, 0.2) is 77.1 Å². The molecule has 1 saturated carbocycles. The van der Waals surface area contributed by atoms with Crippen molar-refractivity contribution < 1.29 is 29.7 Å². The molecule has 238 valence electrons. The number of carbonyl (C=O) groups excluding carboxylic acids is 3. The standard InChI is InChI=1S/C38H50O6/c1-22(2)11-13-27(25(7)8)20-37-21-28(15-12-23(3)4)36(9,10)38(35(37)44,18-17-24(5)6)34(43)31(33(37)42)32(41)26-14-16-29(39)30(40)19-26/h12,14,16-17,19,27-28,39-40,42H,1,7,11,13,15,18,20-21H2,2-6,8-10H3/t27-,28+,37+,38-/m0/s1. The summed E-state index contributed by atoms with van der Waals surface area (Å²) in [7, 11) is 0. The van der Waals surface area contributed by atoms with Crippen molar-refractivity contribution in [2.24, 2.45) is 28.1 Å². The van der Waals surface area contributed by atoms with Gasteiger partial charge in [0.25, 0.3) is 0 Å². The Kier molecular flexibility index (Phi) is 10.1. The Morgan fingerprint density at radius 2 is 1.59 bits per heavy atom. The molecule has 0 amide bonds. The first-order valence-corrected chi connectivity index (χ1v) is 15.5. The van der Waals surface area contributed by atoms with Gasteiger partial charge in [0.15, 0.2) is 28.8 Å². The molecule has 0 aliphatic heterocycles. The molecule has 0 unspecified atom stereocenters. The van der Waals surface area contributed by atoms with E-state index in [1.54, 1.807) is 0 Å². The third-order valence-electron chi connectivity index (χ3n) is 10.1. The molecule has 3 rings (SSSR count). The van der Waals surface area contributed by atoms with E-state index >= 15 is 4.79 Å². The SMILES string of the molecule is C=C(C)CC[C@@H](C[C@@]12C[C@@H](CC=C(C)C)C(C)(C)[C@@](CC=C(C)C)(C(=O)C(C(=O)c3ccc(O)c(O)c3)=C1O)C2=O)C(=C)C. The molecule has 2 aliphatic rings. The number of phenolic OH excluding ortho intramolecular Hbond substituents is 2. The molecular formula is C38H50O6. The van der Waals surface area contributed by atoms with Crippen LogP contribution in [0.4, 0.5) is 0 Å². The molecule has 0 heterocycles. The number of aliphatic hydroxyl groups excluding tert-OH is 1. The second-order valence-electron chi connectivity index (χ2n) is 14.3. The average Bonchev–Trinajstić information content (AvgIpc) is 2.91. The minimum Gasteiger partial charge on any atom is -0.510 e. The van der Waals surface area contributed by atoms with Crippen LogP contribution in [-0.2, 0) is 9.59 Å². The van der Waals surface area contributed by atoms with Crippen LogP contribution in [0.2, 0.25) is 0 Å². The summed E-state index contributed by atoms with van der Waals surface area (Å²) >= 11 is 0. The molecule has 0 saturated heterocycles. The summed E-state index contributed by atoms with van der Waals surface area (Å²) in [5.74, 6) is -3.57. The largest absolute Gasteiger partial charge is 0.510 e. The smallest absolute Gasteiger partial charge is 0.200 e. The van der Waals surface area contributed by atoms with E-state index < -0.39 is 50.6 Å². The molecule has 0 spiro atoms. The Balaban J connectivity index is 2.44. The first-order chi connectivity index (χ1) is 20.3. The van der Waals surface area contributed by atoms with Crippen molar-refractivity contribution in [3.8, 4) is 11.5 Å². The zero-order valence-corrected chi connectivity index (χ0v) is 27.8. The molecule has 6 nitrogen and oxygen atoms in total. The molecule has 1 fully saturated rings. The highest BCUT2D eigenvalue weighted by Crippen LogP contribution is 2.67. The van der Waals surface area contributed by atoms with Crippen molar-refractivity contribution in [2.75, 3.05) is 0 Å². The number of rotatable bonds is 12. The third-order valence-corrected chi connectivity index (χ3v) is 10.1. The number of benzene rings is 1. The topological polar surface area (TPSA) is 112 Å². The lowest BCUT2D eigenvalue weighted by Crippen LogP contribution is -2.67. The van der Waals surface area contributed by atoms with Gasteiger partial charge in [-0.05, 0) is 116 Å². The fourth-order valence-electron chi connectivity index (χ4n) is 7.20. The van der Waals surface area contributed by atoms with Crippen molar-refractivity contribution in [2.45, 2.75) is 93.9 Å². The molecule has 1 aromatic rings. The average molecular weight is 603 g/mol. The summed E-state index contributed by atoms with van der Waals surface area (Å²) in [6.45, 7) is 23.9. The van der Waals surface area contributed by atoms with Gasteiger partial charge in [-0.25, -0.2) is 0 Å². The number of aromatic hydroxyl groups is 2. The van der Waals surface area contributed by atoms with E-state index in [4.69, 9.17) is 0 Å². The van der Waals surface area contributed by atoms with Gasteiger partial charge in [0.2, 0.25) is 0 Å². The molecular weight excluding hydrogens is 552 g/mol. The Hall–Kier alpha value is -3.67. The first-order valence-electron chi connectivity index (χ1n) is 15.5. The van der Waals surface area contributed by atoms with Gasteiger partial charge in [-0.15, -0.1) is 6.58 Å². The summed E-state index contributed by atoms with van der Waals surface area (Å²) < 4.78 is 0. The zero-order valence-electron chi connectivity index (χ0n) is 27.8. The second-order valence-corrected chi connectivity index (χ2v) is 14.3. The quantitative estimate of drug-likeness (QED) is 0.0724. The van der Waals surface area contributed by atoms with Gasteiger partial charge in [-0.3, -0.25) is 14.4 Å². The van der Waals surface area contributed by atoms with Gasteiger partial charge in [0.05, 0.1) is 5.41 Å². The van der Waals surface area contributed by atoms with E-state index in [9.17, 15) is 24.9 Å². The number of hydrogen-bond acceptors (Lipinski definition) is 6. The summed E-state index contributed by atoms with van der Waals surface area (Å²) in [4.78, 5) is 44.3. The summed E-state index contributed by atoms with van der Waals surface area (Å²) in [5.41, 5.74) is -0.564. The minimum atomic E-state index is -1.62. The van der Waals surface area contributed by atoms with Crippen molar-refractivity contribution in [3.05, 3.63) is 82.7 Å². The third kappa shape index (κ3) is 6.00. The Morgan fingerprint density at radius 1 is 0.977 bits per heavy atom. The van der Waals surface area contributed by atoms with Gasteiger partial charge in [-0.2, -0.15) is 0 Å². The number of ketones is 3. The van der Waals surface area contributed by atoms with Gasteiger partial charge in [0.1, 0.15) is 16.7 Å². The summed E-state index contributed by atoms with van der Waals surface area (Å²) in [6, 6.07) is 3.56. The summed E-state index contributed by atoms with van der Waals surface area (Å²) in [6.07, 6.45) is 6.57. The highest BCUT2D eigenvalue weighted by Gasteiger charge is 2.72. The normalized spacial score (nSPS) is 24.9. The molecule has 0 radical (unpaired) electrons. The predicted molar refractivity (Wildman–Crippen MR) is 176 cm³/mol. The number of hydrogen-bond donors (Lipinski definition) is 3. The van der Waals surface area contributed by atoms with Gasteiger partial charge in [0, 0.05) is 5.56 Å². The molecule has 6 heteroatoms. The Labute approximate surface area is 263 Å². The predicted octanol–water partition coefficient (Wildman–Crippen LogP) is 8.91. The fraction of sp³-hybridized carbons (Fsp3) is 0.500. The summed E-state index contributed by atoms with van der Waals surface area (Å²) in [5, 5.41) is 32.3. The maximum absolute atomic E-state index is 15.2. The lowest BCUT2D eigenvalue weighted by molar-refractivity contribution is -0.172. The number of Topliss-reactive ketones (excluding diaryl/α,β-unsaturated/α-hetero) is 3. The van der Waals surface area contributed by atoms with Crippen molar-refractivity contribution >= 4 is 17.3 Å². The van der Waals surface area contributed by atoms with Crippen LogP contribution in [-0.4, -0.2) is 32.7 Å². The van der Waals surface area contributed by atoms with E-state index in [-0.39, 0.29) is 42.4 Å². The number of allylic oxidation sites excluding steroid dienone is 8. The van der Waals surface area contributed by atoms with E-state index in [2.05, 4.69) is 19.2 Å². The van der Waals surface area contributed by atoms with Crippen LogP contribution >= 0.6 is 0 Å². The Morgan fingerprint density at radius 3 is 2.11 bits per heavy atom. The molecule has 2 bridgehead atoms. The van der Waals surface area contributed by atoms with Gasteiger partial charge >= 0.3 is 0 Å². The highest BCUT2D eigenvalue weighted by atomic mass is 16.3. The molecule has 0 aromatic heterocycles. The minimum absolute atomic E-state index is 0.0623. The highest BCUT2D eigenvalue weighted by molar-refractivity contribution is 6.35. The monoisotopic (exact) mass is 602 g/mol. The molecule has 44 heavy (non-hydrogen) atoms. The van der Waals surface area contributed by atoms with Crippen LogP contribution < -0.4 is 0 Å². The maximum atomic E-state index is 15.2. The van der Waals surface area contributed by atoms with Crippen LogP contribution in [0.3, 0.4) is 0 Å². The molecule has 2 aliphatic carbocycles. The fourth-order valence-corrected chi connectivity index (χ4v) is 7.20.